The normalized spacial score (nSPS) is 15.1. The van der Waals surface area contributed by atoms with Crippen LogP contribution in [0.15, 0.2) is 29.2 Å². The zero-order valence-corrected chi connectivity index (χ0v) is 19.0. The highest BCUT2D eigenvalue weighted by Crippen LogP contribution is 2.26. The number of anilines is 1. The molecular weight excluding hydrogens is 422 g/mol. The highest BCUT2D eigenvalue weighted by atomic mass is 32.2. The lowest BCUT2D eigenvalue weighted by Crippen LogP contribution is -2.33. The molecule has 0 saturated carbocycles. The molecule has 0 unspecified atom stereocenters. The van der Waals surface area contributed by atoms with Crippen molar-refractivity contribution in [2.24, 2.45) is 0 Å². The van der Waals surface area contributed by atoms with E-state index in [-0.39, 0.29) is 5.91 Å². The van der Waals surface area contributed by atoms with E-state index in [1.807, 2.05) is 45.0 Å². The minimum Gasteiger partial charge on any atom is -0.444 e. The lowest BCUT2D eigenvalue weighted by molar-refractivity contribution is -0.115. The van der Waals surface area contributed by atoms with Crippen molar-refractivity contribution in [3.63, 3.8) is 0 Å². The van der Waals surface area contributed by atoms with Crippen LogP contribution >= 0.6 is 24.0 Å². The van der Waals surface area contributed by atoms with Crippen LogP contribution in [0, 0.1) is 0 Å². The van der Waals surface area contributed by atoms with E-state index in [0.29, 0.717) is 22.3 Å². The Hall–Kier alpha value is -2.39. The Morgan fingerprint density at radius 2 is 1.93 bits per heavy atom. The van der Waals surface area contributed by atoms with Gasteiger partial charge in [-0.3, -0.25) is 9.59 Å². The molecule has 1 saturated heterocycles. The maximum absolute atomic E-state index is 11.7. The summed E-state index contributed by atoms with van der Waals surface area (Å²) in [6, 6.07) is 7.42. The fourth-order valence-electron chi connectivity index (χ4n) is 2.67. The molecule has 162 valence electrons. The Balaban J connectivity index is 1.75. The average Bonchev–Trinajstić information content (AvgIpc) is 2.97. The van der Waals surface area contributed by atoms with Crippen LogP contribution in [0.1, 0.15) is 45.6 Å². The molecule has 0 aliphatic carbocycles. The largest absolute Gasteiger partial charge is 0.444 e. The van der Waals surface area contributed by atoms with E-state index >= 15 is 0 Å². The van der Waals surface area contributed by atoms with Crippen LogP contribution in [0.4, 0.5) is 10.5 Å². The van der Waals surface area contributed by atoms with E-state index < -0.39 is 11.7 Å². The molecule has 7 nitrogen and oxygen atoms in total. The van der Waals surface area contributed by atoms with Crippen molar-refractivity contribution < 1.29 is 19.1 Å². The number of alkyl carbamates (subject to hydrolysis) is 1. The molecule has 9 heteroatoms. The Bertz CT molecular complexity index is 817. The van der Waals surface area contributed by atoms with E-state index in [2.05, 4.69) is 10.6 Å². The minimum atomic E-state index is -0.504. The zero-order chi connectivity index (χ0) is 22.1. The van der Waals surface area contributed by atoms with Gasteiger partial charge in [-0.05, 0) is 63.8 Å². The molecule has 30 heavy (non-hydrogen) atoms. The number of ether oxygens (including phenoxy) is 1. The van der Waals surface area contributed by atoms with Gasteiger partial charge in [0.2, 0.25) is 6.41 Å². The van der Waals surface area contributed by atoms with Gasteiger partial charge in [-0.15, -0.1) is 0 Å². The molecule has 0 atom stereocenters. The lowest BCUT2D eigenvalue weighted by Gasteiger charge is -2.20. The van der Waals surface area contributed by atoms with Crippen molar-refractivity contribution in [1.29, 1.82) is 0 Å². The number of unbranched alkanes of at least 4 members (excludes halogenated alkanes) is 2. The summed E-state index contributed by atoms with van der Waals surface area (Å²) >= 11 is 6.21. The Morgan fingerprint density at radius 3 is 2.50 bits per heavy atom. The molecule has 1 heterocycles. The molecule has 1 aliphatic heterocycles. The van der Waals surface area contributed by atoms with Crippen molar-refractivity contribution in [3.8, 4) is 0 Å². The van der Waals surface area contributed by atoms with Crippen molar-refractivity contribution in [3.05, 3.63) is 34.7 Å². The highest BCUT2D eigenvalue weighted by Gasteiger charge is 2.21. The Labute approximate surface area is 186 Å². The number of thioether (sulfide) groups is 1. The SMILES string of the molecule is CC(C)(C)OC(=O)NCCCCCN(C=O)c1ccc(C=C2SC(=S)NC2=O)cc1. The molecule has 1 aromatic carbocycles. The third kappa shape index (κ3) is 8.16. The molecule has 0 bridgehead atoms. The summed E-state index contributed by atoms with van der Waals surface area (Å²) in [5.74, 6) is -0.190. The number of carbonyl (C=O) groups is 3. The van der Waals surface area contributed by atoms with Gasteiger partial charge in [0.25, 0.3) is 5.91 Å². The van der Waals surface area contributed by atoms with Crippen LogP contribution < -0.4 is 15.5 Å². The topological polar surface area (TPSA) is 87.7 Å². The summed E-state index contributed by atoms with van der Waals surface area (Å²) < 4.78 is 5.64. The van der Waals surface area contributed by atoms with Gasteiger partial charge in [0, 0.05) is 18.8 Å². The first-order valence-corrected chi connectivity index (χ1v) is 10.9. The van der Waals surface area contributed by atoms with Gasteiger partial charge in [0.1, 0.15) is 9.92 Å². The van der Waals surface area contributed by atoms with Crippen molar-refractivity contribution in [2.75, 3.05) is 18.0 Å². The first kappa shape index (κ1) is 23.9. The molecule has 1 aromatic rings. The predicted octanol–water partition coefficient (Wildman–Crippen LogP) is 3.83. The zero-order valence-electron chi connectivity index (χ0n) is 17.4. The van der Waals surface area contributed by atoms with Crippen LogP contribution in [-0.2, 0) is 14.3 Å². The van der Waals surface area contributed by atoms with Gasteiger partial charge < -0.3 is 20.3 Å². The smallest absolute Gasteiger partial charge is 0.407 e. The third-order valence-corrected chi connectivity index (χ3v) is 5.20. The number of hydrogen-bond donors (Lipinski definition) is 2. The summed E-state index contributed by atoms with van der Waals surface area (Å²) in [6.07, 6.45) is 4.66. The van der Waals surface area contributed by atoms with E-state index in [9.17, 15) is 14.4 Å². The summed E-state index contributed by atoms with van der Waals surface area (Å²) in [4.78, 5) is 37.0. The number of amides is 3. The highest BCUT2D eigenvalue weighted by molar-refractivity contribution is 8.26. The van der Waals surface area contributed by atoms with Crippen LogP contribution in [0.3, 0.4) is 0 Å². The number of nitrogens with zero attached hydrogens (tertiary/aromatic N) is 1. The summed E-state index contributed by atoms with van der Waals surface area (Å²) in [7, 11) is 0. The number of rotatable bonds is 9. The molecule has 1 aliphatic rings. The molecule has 3 amide bonds. The number of benzene rings is 1. The van der Waals surface area contributed by atoms with Gasteiger partial charge in [-0.2, -0.15) is 0 Å². The summed E-state index contributed by atoms with van der Waals surface area (Å²) in [6.45, 7) is 6.59. The Morgan fingerprint density at radius 1 is 1.23 bits per heavy atom. The predicted molar refractivity (Wildman–Crippen MR) is 124 cm³/mol. The van der Waals surface area contributed by atoms with Gasteiger partial charge in [-0.25, -0.2) is 4.79 Å². The van der Waals surface area contributed by atoms with E-state index in [1.165, 1.54) is 11.8 Å². The maximum Gasteiger partial charge on any atom is 0.407 e. The van der Waals surface area contributed by atoms with Gasteiger partial charge in [0.05, 0.1) is 4.91 Å². The molecule has 1 fully saturated rings. The number of carbonyl (C=O) groups excluding carboxylic acids is 3. The number of thiocarbonyl (C=S) groups is 1. The lowest BCUT2D eigenvalue weighted by atomic mass is 10.1. The monoisotopic (exact) mass is 449 g/mol. The van der Waals surface area contributed by atoms with Crippen LogP contribution in [-0.4, -0.2) is 41.4 Å². The second-order valence-corrected chi connectivity index (χ2v) is 9.45. The standard InChI is InChI=1S/C21H27N3O4S2/c1-21(2,3)28-19(27)22-11-5-4-6-12-24(14-25)16-9-7-15(8-10-16)13-17-18(26)23-20(29)30-17/h7-10,13-14H,4-6,11-12H2,1-3H3,(H,22,27)(H,23,26,29). The fourth-order valence-corrected chi connectivity index (χ4v) is 3.71. The molecule has 2 N–H and O–H groups in total. The van der Waals surface area contributed by atoms with E-state index in [0.717, 1.165) is 36.9 Å². The van der Waals surface area contributed by atoms with Crippen molar-refractivity contribution in [1.82, 2.24) is 10.6 Å². The van der Waals surface area contributed by atoms with Crippen LogP contribution in [0.5, 0.6) is 0 Å². The first-order chi connectivity index (χ1) is 14.2. The quantitative estimate of drug-likeness (QED) is 0.258. The second kappa shape index (κ2) is 11.1. The van der Waals surface area contributed by atoms with Crippen LogP contribution in [0.25, 0.3) is 6.08 Å². The first-order valence-electron chi connectivity index (χ1n) is 9.71. The fraction of sp³-hybridized carbons (Fsp3) is 0.429. The van der Waals surface area contributed by atoms with Gasteiger partial charge in [-0.1, -0.05) is 36.1 Å². The summed E-state index contributed by atoms with van der Waals surface area (Å²) in [5, 5.41) is 5.31. The molecule has 2 rings (SSSR count). The molecular formula is C21H27N3O4S2. The summed E-state index contributed by atoms with van der Waals surface area (Å²) in [5.41, 5.74) is 1.15. The van der Waals surface area contributed by atoms with Crippen molar-refractivity contribution >= 4 is 58.5 Å². The molecule has 0 radical (unpaired) electrons. The molecule has 0 aromatic heterocycles. The van der Waals surface area contributed by atoms with Gasteiger partial charge >= 0.3 is 6.09 Å². The van der Waals surface area contributed by atoms with Gasteiger partial charge in [0.15, 0.2) is 0 Å². The average molecular weight is 450 g/mol. The Kier molecular flexibility index (Phi) is 8.86. The molecule has 0 spiro atoms. The van der Waals surface area contributed by atoms with E-state index in [1.54, 1.807) is 11.0 Å². The minimum absolute atomic E-state index is 0.190. The van der Waals surface area contributed by atoms with Crippen molar-refractivity contribution in [2.45, 2.75) is 45.6 Å². The van der Waals surface area contributed by atoms with E-state index in [4.69, 9.17) is 17.0 Å². The number of nitrogens with one attached hydrogen (secondary N) is 2. The van der Waals surface area contributed by atoms with Crippen LogP contribution in [0.2, 0.25) is 0 Å². The third-order valence-electron chi connectivity index (χ3n) is 4.04. The second-order valence-electron chi connectivity index (χ2n) is 7.73. The maximum atomic E-state index is 11.7. The number of hydrogen-bond acceptors (Lipinski definition) is 6.